The van der Waals surface area contributed by atoms with Crippen molar-refractivity contribution in [3.05, 3.63) is 42.2 Å². The summed E-state index contributed by atoms with van der Waals surface area (Å²) in [6.45, 7) is 1.75. The summed E-state index contributed by atoms with van der Waals surface area (Å²) in [6, 6.07) is 8.91. The van der Waals surface area contributed by atoms with E-state index in [9.17, 15) is 12.8 Å². The van der Waals surface area contributed by atoms with Crippen molar-refractivity contribution in [2.45, 2.75) is 24.2 Å². The first-order valence-corrected chi connectivity index (χ1v) is 10.2. The van der Waals surface area contributed by atoms with Crippen LogP contribution in [0.5, 0.6) is 11.5 Å². The second-order valence-electron chi connectivity index (χ2n) is 6.33. The highest BCUT2D eigenvalue weighted by Gasteiger charge is 2.23. The van der Waals surface area contributed by atoms with E-state index in [1.807, 2.05) is 0 Å². The molecule has 0 unspecified atom stereocenters. The van der Waals surface area contributed by atoms with Crippen LogP contribution >= 0.6 is 0 Å². The monoisotopic (exact) mass is 394 g/mol. The van der Waals surface area contributed by atoms with Gasteiger partial charge in [-0.1, -0.05) is 0 Å². The number of hydrogen-bond donors (Lipinski definition) is 1. The van der Waals surface area contributed by atoms with Crippen molar-refractivity contribution in [3.8, 4) is 11.5 Å². The summed E-state index contributed by atoms with van der Waals surface area (Å²) in [5.74, 6) is -0.129. The fourth-order valence-corrected chi connectivity index (χ4v) is 4.38. The van der Waals surface area contributed by atoms with Crippen LogP contribution in [0.3, 0.4) is 0 Å². The SMILES string of the molecule is COc1ccc(OC)c(S(=O)(=O)Nc2cc(N3CCCCC3)ccc2F)c1. The summed E-state index contributed by atoms with van der Waals surface area (Å²) in [5, 5.41) is 0. The molecule has 1 aliphatic heterocycles. The normalized spacial score (nSPS) is 14.7. The second kappa shape index (κ2) is 8.04. The molecular weight excluding hydrogens is 371 g/mol. The Balaban J connectivity index is 1.94. The molecule has 2 aromatic carbocycles. The molecule has 0 spiro atoms. The van der Waals surface area contributed by atoms with Crippen LogP contribution < -0.4 is 19.1 Å². The fraction of sp³-hybridized carbons (Fsp3) is 0.368. The summed E-state index contributed by atoms with van der Waals surface area (Å²) >= 11 is 0. The molecule has 0 aliphatic carbocycles. The molecule has 1 N–H and O–H groups in total. The third-order valence-electron chi connectivity index (χ3n) is 4.58. The molecule has 1 saturated heterocycles. The predicted molar refractivity (Wildman–Crippen MR) is 103 cm³/mol. The third kappa shape index (κ3) is 4.27. The van der Waals surface area contributed by atoms with Crippen LogP contribution in [0.25, 0.3) is 0 Å². The Hall–Kier alpha value is -2.48. The molecule has 0 saturated carbocycles. The van der Waals surface area contributed by atoms with Gasteiger partial charge in [-0.2, -0.15) is 0 Å². The van der Waals surface area contributed by atoms with E-state index in [0.717, 1.165) is 31.6 Å². The lowest BCUT2D eigenvalue weighted by atomic mass is 10.1. The van der Waals surface area contributed by atoms with E-state index in [1.54, 1.807) is 12.1 Å². The first kappa shape index (κ1) is 19.3. The molecule has 6 nitrogen and oxygen atoms in total. The number of rotatable bonds is 6. The number of nitrogens with one attached hydrogen (secondary N) is 1. The minimum Gasteiger partial charge on any atom is -0.497 e. The van der Waals surface area contributed by atoms with Crippen molar-refractivity contribution < 1.29 is 22.3 Å². The average Bonchev–Trinajstić information content (AvgIpc) is 2.69. The summed E-state index contributed by atoms with van der Waals surface area (Å²) in [7, 11) is -1.26. The van der Waals surface area contributed by atoms with E-state index in [4.69, 9.17) is 9.47 Å². The van der Waals surface area contributed by atoms with Gasteiger partial charge in [-0.15, -0.1) is 0 Å². The van der Waals surface area contributed by atoms with E-state index in [2.05, 4.69) is 9.62 Å². The molecule has 146 valence electrons. The maximum atomic E-state index is 14.3. The number of sulfonamides is 1. The standard InChI is InChI=1S/C19H23FN2O4S/c1-25-15-7-9-18(26-2)19(13-15)27(23,24)21-17-12-14(6-8-16(17)20)22-10-4-3-5-11-22/h6-9,12-13,21H,3-5,10-11H2,1-2H3. The quantitative estimate of drug-likeness (QED) is 0.810. The van der Waals surface area contributed by atoms with Crippen molar-refractivity contribution in [2.75, 3.05) is 36.9 Å². The van der Waals surface area contributed by atoms with Crippen molar-refractivity contribution in [1.82, 2.24) is 0 Å². The van der Waals surface area contributed by atoms with Crippen molar-refractivity contribution in [2.24, 2.45) is 0 Å². The molecule has 1 aliphatic rings. The van der Waals surface area contributed by atoms with Gasteiger partial charge in [-0.3, -0.25) is 4.72 Å². The number of halogens is 1. The molecule has 1 fully saturated rings. The van der Waals surface area contributed by atoms with E-state index < -0.39 is 15.8 Å². The Bertz CT molecular complexity index is 912. The van der Waals surface area contributed by atoms with Gasteiger partial charge >= 0.3 is 0 Å². The third-order valence-corrected chi connectivity index (χ3v) is 5.96. The molecule has 27 heavy (non-hydrogen) atoms. The van der Waals surface area contributed by atoms with E-state index >= 15 is 0 Å². The molecule has 0 radical (unpaired) electrons. The van der Waals surface area contributed by atoms with Crippen LogP contribution in [-0.4, -0.2) is 35.7 Å². The lowest BCUT2D eigenvalue weighted by Crippen LogP contribution is -2.29. The zero-order valence-electron chi connectivity index (χ0n) is 15.4. The minimum atomic E-state index is -4.07. The van der Waals surface area contributed by atoms with Gasteiger partial charge in [0.15, 0.2) is 0 Å². The molecule has 0 bridgehead atoms. The summed E-state index contributed by atoms with van der Waals surface area (Å²) in [4.78, 5) is 2.01. The first-order valence-electron chi connectivity index (χ1n) is 8.74. The van der Waals surface area contributed by atoms with Gasteiger partial charge in [-0.05, 0) is 49.6 Å². The molecule has 2 aromatic rings. The van der Waals surface area contributed by atoms with E-state index in [-0.39, 0.29) is 16.3 Å². The maximum absolute atomic E-state index is 14.3. The zero-order valence-corrected chi connectivity index (χ0v) is 16.2. The Morgan fingerprint density at radius 2 is 1.74 bits per heavy atom. The van der Waals surface area contributed by atoms with Crippen molar-refractivity contribution >= 4 is 21.4 Å². The van der Waals surface area contributed by atoms with Crippen LogP contribution in [-0.2, 0) is 10.0 Å². The number of benzene rings is 2. The van der Waals surface area contributed by atoms with Gasteiger partial charge in [0.2, 0.25) is 0 Å². The van der Waals surface area contributed by atoms with Crippen molar-refractivity contribution in [3.63, 3.8) is 0 Å². The summed E-state index contributed by atoms with van der Waals surface area (Å²) in [6.07, 6.45) is 3.31. The smallest absolute Gasteiger partial charge is 0.265 e. The largest absolute Gasteiger partial charge is 0.497 e. The molecule has 0 aromatic heterocycles. The van der Waals surface area contributed by atoms with Crippen LogP contribution in [0.1, 0.15) is 19.3 Å². The van der Waals surface area contributed by atoms with E-state index in [0.29, 0.717) is 5.75 Å². The highest BCUT2D eigenvalue weighted by Crippen LogP contribution is 2.32. The van der Waals surface area contributed by atoms with Gasteiger partial charge in [-0.25, -0.2) is 12.8 Å². The molecule has 1 heterocycles. The van der Waals surface area contributed by atoms with Gasteiger partial charge < -0.3 is 14.4 Å². The molecule has 0 amide bonds. The summed E-state index contributed by atoms with van der Waals surface area (Å²) in [5.41, 5.74) is 0.703. The number of nitrogens with zero attached hydrogens (tertiary/aromatic N) is 1. The Labute approximate surface area is 159 Å². The average molecular weight is 394 g/mol. The number of anilines is 2. The van der Waals surface area contributed by atoms with Crippen molar-refractivity contribution in [1.29, 1.82) is 0 Å². The molecule has 8 heteroatoms. The van der Waals surface area contributed by atoms with Crippen LogP contribution in [0.15, 0.2) is 41.3 Å². The first-order chi connectivity index (χ1) is 12.9. The lowest BCUT2D eigenvalue weighted by molar-refractivity contribution is 0.392. The van der Waals surface area contributed by atoms with Gasteiger partial charge in [0.25, 0.3) is 10.0 Å². The van der Waals surface area contributed by atoms with Gasteiger partial charge in [0.05, 0.1) is 19.9 Å². The number of ether oxygens (including phenoxy) is 2. The lowest BCUT2D eigenvalue weighted by Gasteiger charge is -2.29. The van der Waals surface area contributed by atoms with Gasteiger partial charge in [0, 0.05) is 24.8 Å². The molecule has 0 atom stereocenters. The number of piperidine rings is 1. The van der Waals surface area contributed by atoms with Crippen LogP contribution in [0.2, 0.25) is 0 Å². The van der Waals surface area contributed by atoms with Crippen LogP contribution in [0, 0.1) is 5.82 Å². The maximum Gasteiger partial charge on any atom is 0.265 e. The minimum absolute atomic E-state index is 0.0945. The second-order valence-corrected chi connectivity index (χ2v) is 7.98. The Morgan fingerprint density at radius 1 is 1.00 bits per heavy atom. The number of methoxy groups -OCH3 is 2. The fourth-order valence-electron chi connectivity index (χ4n) is 3.13. The predicted octanol–water partition coefficient (Wildman–Crippen LogP) is 3.63. The van der Waals surface area contributed by atoms with Crippen LogP contribution in [0.4, 0.5) is 15.8 Å². The highest BCUT2D eigenvalue weighted by atomic mass is 32.2. The zero-order chi connectivity index (χ0) is 19.4. The summed E-state index contributed by atoms with van der Waals surface area (Å²) < 4.78 is 52.6. The number of hydrogen-bond acceptors (Lipinski definition) is 5. The molecular formula is C19H23FN2O4S. The van der Waals surface area contributed by atoms with Gasteiger partial charge in [0.1, 0.15) is 22.2 Å². The Kier molecular flexibility index (Phi) is 5.74. The van der Waals surface area contributed by atoms with E-state index in [1.165, 1.54) is 44.9 Å². The highest BCUT2D eigenvalue weighted by molar-refractivity contribution is 7.92. The molecule has 3 rings (SSSR count). The topological polar surface area (TPSA) is 67.9 Å². The Morgan fingerprint density at radius 3 is 2.41 bits per heavy atom.